The average molecular weight is 365 g/mol. The number of Topliss-reactive ketones (excluding diaryl/α,β-unsaturated/α-hetero) is 1. The summed E-state index contributed by atoms with van der Waals surface area (Å²) in [6, 6.07) is 6.67. The van der Waals surface area contributed by atoms with E-state index in [9.17, 15) is 18.0 Å². The third-order valence-electron chi connectivity index (χ3n) is 4.43. The summed E-state index contributed by atoms with van der Waals surface area (Å²) in [5.74, 6) is -0.0532. The molecule has 3 rings (SSSR count). The summed E-state index contributed by atoms with van der Waals surface area (Å²) in [4.78, 5) is 12.6. The molecule has 4 nitrogen and oxygen atoms in total. The van der Waals surface area contributed by atoms with Gasteiger partial charge in [-0.25, -0.2) is 4.68 Å². The molecule has 0 aliphatic carbocycles. The number of halogens is 3. The van der Waals surface area contributed by atoms with Crippen molar-refractivity contribution in [2.75, 3.05) is 5.32 Å². The molecule has 0 saturated carbocycles. The number of carbonyl (C=O) groups is 1. The molecule has 0 radical (unpaired) electrons. The lowest BCUT2D eigenvalue weighted by atomic mass is 9.88. The number of nitrogens with one attached hydrogen (secondary N) is 1. The van der Waals surface area contributed by atoms with Gasteiger partial charge in [0.2, 0.25) is 0 Å². The molecule has 0 amide bonds. The number of nitrogens with zero attached hydrogens (tertiary/aromatic N) is 2. The van der Waals surface area contributed by atoms with Gasteiger partial charge in [-0.3, -0.25) is 4.79 Å². The predicted molar refractivity (Wildman–Crippen MR) is 93.1 cm³/mol. The van der Waals surface area contributed by atoms with Crippen molar-refractivity contribution < 1.29 is 18.0 Å². The molecule has 7 heteroatoms. The van der Waals surface area contributed by atoms with Crippen LogP contribution in [0.2, 0.25) is 0 Å². The molecule has 2 unspecified atom stereocenters. The minimum Gasteiger partial charge on any atom is -0.363 e. The summed E-state index contributed by atoms with van der Waals surface area (Å²) in [6.45, 7) is 5.75. The number of rotatable bonds is 3. The van der Waals surface area contributed by atoms with E-state index in [0.29, 0.717) is 0 Å². The molecule has 0 fully saturated rings. The zero-order chi connectivity index (χ0) is 19.1. The number of alkyl halides is 3. The van der Waals surface area contributed by atoms with Crippen LogP contribution < -0.4 is 5.32 Å². The third kappa shape index (κ3) is 3.76. The number of anilines is 1. The van der Waals surface area contributed by atoms with Gasteiger partial charge in [-0.05, 0) is 11.0 Å². The first-order valence-corrected chi connectivity index (χ1v) is 8.55. The number of aromatic nitrogens is 2. The topological polar surface area (TPSA) is 46.9 Å². The maximum Gasteiger partial charge on any atom is 0.410 e. The summed E-state index contributed by atoms with van der Waals surface area (Å²) in [6.07, 6.45) is -3.13. The molecular formula is C19H22F3N3O. The Bertz CT molecular complexity index is 791. The van der Waals surface area contributed by atoms with Crippen LogP contribution in [0.4, 0.5) is 19.0 Å². The lowest BCUT2D eigenvalue weighted by Gasteiger charge is -2.34. The summed E-state index contributed by atoms with van der Waals surface area (Å²) >= 11 is 0. The van der Waals surface area contributed by atoms with Crippen LogP contribution in [0.15, 0.2) is 36.5 Å². The van der Waals surface area contributed by atoms with Gasteiger partial charge in [0, 0.05) is 12.8 Å². The summed E-state index contributed by atoms with van der Waals surface area (Å²) in [7, 11) is 0. The second-order valence-corrected chi connectivity index (χ2v) is 7.91. The fourth-order valence-corrected chi connectivity index (χ4v) is 3.25. The first-order chi connectivity index (χ1) is 12.1. The van der Waals surface area contributed by atoms with E-state index < -0.39 is 18.3 Å². The van der Waals surface area contributed by atoms with Crippen LogP contribution in [0.1, 0.15) is 61.6 Å². The van der Waals surface area contributed by atoms with Crippen LogP contribution in [0, 0.1) is 5.41 Å². The Balaban J connectivity index is 2.01. The van der Waals surface area contributed by atoms with Gasteiger partial charge in [0.1, 0.15) is 5.82 Å². The van der Waals surface area contributed by atoms with Gasteiger partial charge >= 0.3 is 6.18 Å². The SMILES string of the molecule is CC(C)(C)CC(=O)c1cnn2c1NC(c1ccccc1)CC2C(F)(F)F. The number of carbonyl (C=O) groups excluding carboxylic acids is 1. The van der Waals surface area contributed by atoms with E-state index in [1.807, 2.05) is 26.8 Å². The van der Waals surface area contributed by atoms with Crippen LogP contribution in [0.25, 0.3) is 0 Å². The molecule has 2 aromatic rings. The first kappa shape index (κ1) is 18.5. The average Bonchev–Trinajstić information content (AvgIpc) is 2.96. The molecule has 1 aromatic carbocycles. The summed E-state index contributed by atoms with van der Waals surface area (Å²) in [5.41, 5.74) is 0.709. The van der Waals surface area contributed by atoms with E-state index in [1.165, 1.54) is 6.20 Å². The van der Waals surface area contributed by atoms with Crippen LogP contribution in [-0.2, 0) is 0 Å². The van der Waals surface area contributed by atoms with Gasteiger partial charge in [-0.15, -0.1) is 0 Å². The Kier molecular flexibility index (Phi) is 4.58. The van der Waals surface area contributed by atoms with Gasteiger partial charge in [0.25, 0.3) is 0 Å². The predicted octanol–water partition coefficient (Wildman–Crippen LogP) is 5.16. The lowest BCUT2D eigenvalue weighted by molar-refractivity contribution is -0.173. The maximum absolute atomic E-state index is 13.6. The Morgan fingerprint density at radius 1 is 1.23 bits per heavy atom. The van der Waals surface area contributed by atoms with Crippen molar-refractivity contribution in [3.8, 4) is 0 Å². The highest BCUT2D eigenvalue weighted by Crippen LogP contribution is 2.44. The smallest absolute Gasteiger partial charge is 0.363 e. The Morgan fingerprint density at radius 2 is 1.88 bits per heavy atom. The second kappa shape index (κ2) is 6.45. The molecule has 0 saturated heterocycles. The highest BCUT2D eigenvalue weighted by Gasteiger charge is 2.47. The van der Waals surface area contributed by atoms with Crippen LogP contribution in [0.3, 0.4) is 0 Å². The van der Waals surface area contributed by atoms with Crippen LogP contribution in [-0.4, -0.2) is 21.7 Å². The largest absolute Gasteiger partial charge is 0.410 e. The Hall–Kier alpha value is -2.31. The molecule has 2 heterocycles. The van der Waals surface area contributed by atoms with Gasteiger partial charge < -0.3 is 5.32 Å². The zero-order valence-corrected chi connectivity index (χ0v) is 15.0. The van der Waals surface area contributed by atoms with Gasteiger partial charge in [-0.1, -0.05) is 51.1 Å². The van der Waals surface area contributed by atoms with E-state index in [4.69, 9.17) is 0 Å². The molecule has 1 aliphatic rings. The van der Waals surface area contributed by atoms with Crippen molar-refractivity contribution in [2.45, 2.75) is 51.9 Å². The number of hydrogen-bond donors (Lipinski definition) is 1. The van der Waals surface area contributed by atoms with Crippen molar-refractivity contribution >= 4 is 11.6 Å². The van der Waals surface area contributed by atoms with Gasteiger partial charge in [-0.2, -0.15) is 18.3 Å². The molecule has 2 atom stereocenters. The Labute approximate surface area is 150 Å². The number of benzene rings is 1. The maximum atomic E-state index is 13.6. The van der Waals surface area contributed by atoms with Gasteiger partial charge in [0.15, 0.2) is 11.8 Å². The van der Waals surface area contributed by atoms with Crippen molar-refractivity contribution in [3.05, 3.63) is 47.7 Å². The van der Waals surface area contributed by atoms with Gasteiger partial charge in [0.05, 0.1) is 17.8 Å². The number of fused-ring (bicyclic) bond motifs is 1. The molecule has 26 heavy (non-hydrogen) atoms. The highest BCUT2D eigenvalue weighted by molar-refractivity contribution is 6.00. The zero-order valence-electron chi connectivity index (χ0n) is 15.0. The van der Waals surface area contributed by atoms with Crippen molar-refractivity contribution in [3.63, 3.8) is 0 Å². The van der Waals surface area contributed by atoms with E-state index in [1.54, 1.807) is 24.3 Å². The quantitative estimate of drug-likeness (QED) is 0.764. The summed E-state index contributed by atoms with van der Waals surface area (Å²) < 4.78 is 41.8. The number of hydrogen-bond acceptors (Lipinski definition) is 3. The van der Waals surface area contributed by atoms with Crippen LogP contribution in [0.5, 0.6) is 0 Å². The summed E-state index contributed by atoms with van der Waals surface area (Å²) in [5, 5.41) is 7.01. The van der Waals surface area contributed by atoms with Crippen LogP contribution >= 0.6 is 0 Å². The molecule has 0 bridgehead atoms. The van der Waals surface area contributed by atoms with E-state index in [-0.39, 0.29) is 35.4 Å². The van der Waals surface area contributed by atoms with E-state index >= 15 is 0 Å². The van der Waals surface area contributed by atoms with Crippen molar-refractivity contribution in [1.29, 1.82) is 0 Å². The molecule has 1 aromatic heterocycles. The fraction of sp³-hybridized carbons (Fsp3) is 0.474. The van der Waals surface area contributed by atoms with E-state index in [0.717, 1.165) is 10.2 Å². The Morgan fingerprint density at radius 3 is 2.46 bits per heavy atom. The fourth-order valence-electron chi connectivity index (χ4n) is 3.25. The monoisotopic (exact) mass is 365 g/mol. The highest BCUT2D eigenvalue weighted by atomic mass is 19.4. The van der Waals surface area contributed by atoms with Crippen molar-refractivity contribution in [2.24, 2.45) is 5.41 Å². The van der Waals surface area contributed by atoms with E-state index in [2.05, 4.69) is 10.4 Å². The lowest BCUT2D eigenvalue weighted by Crippen LogP contribution is -2.36. The van der Waals surface area contributed by atoms with Crippen molar-refractivity contribution in [1.82, 2.24) is 9.78 Å². The standard InChI is InChI=1S/C19H22F3N3O/c1-18(2,3)10-15(26)13-11-23-25-16(19(20,21)22)9-14(24-17(13)25)12-7-5-4-6-8-12/h4-8,11,14,16,24H,9-10H2,1-3H3. The first-order valence-electron chi connectivity index (χ1n) is 8.55. The number of ketones is 1. The minimum absolute atomic E-state index is 0.154. The molecule has 140 valence electrons. The molecule has 0 spiro atoms. The molecule has 1 N–H and O–H groups in total. The minimum atomic E-state index is -4.44. The third-order valence-corrected chi connectivity index (χ3v) is 4.43. The second-order valence-electron chi connectivity index (χ2n) is 7.91. The molecular weight excluding hydrogens is 343 g/mol. The molecule has 1 aliphatic heterocycles. The normalized spacial score (nSPS) is 20.4.